The monoisotopic (exact) mass is 279 g/mol. The van der Waals surface area contributed by atoms with Gasteiger partial charge in [0, 0.05) is 32.3 Å². The largest absolute Gasteiger partial charge is 0.396 e. The van der Waals surface area contributed by atoms with Gasteiger partial charge in [-0.2, -0.15) is 0 Å². The summed E-state index contributed by atoms with van der Waals surface area (Å²) in [5, 5.41) is 23.2. The maximum Gasteiger partial charge on any atom is 0.292 e. The van der Waals surface area contributed by atoms with Crippen molar-refractivity contribution >= 4 is 11.4 Å². The first kappa shape index (κ1) is 14.7. The first-order chi connectivity index (χ1) is 9.63. The Balaban J connectivity index is 2.09. The van der Waals surface area contributed by atoms with E-state index in [0.29, 0.717) is 18.2 Å². The third-order valence-corrected chi connectivity index (χ3v) is 3.66. The zero-order valence-corrected chi connectivity index (χ0v) is 11.7. The Bertz CT molecular complexity index is 479. The number of nitrogens with zero attached hydrogens (tertiary/aromatic N) is 2. The minimum absolute atomic E-state index is 0.116. The SMILES string of the molecule is CCNc1cc(CN2CCC(CO)C2)ccc1[N+](=O)[O-]. The van der Waals surface area contributed by atoms with E-state index < -0.39 is 0 Å². The van der Waals surface area contributed by atoms with Gasteiger partial charge in [0.1, 0.15) is 5.69 Å². The summed E-state index contributed by atoms with van der Waals surface area (Å²) in [6, 6.07) is 5.23. The second kappa shape index (κ2) is 6.67. The standard InChI is InChI=1S/C14H21N3O3/c1-2-15-13-7-11(3-4-14(13)17(19)20)8-16-6-5-12(9-16)10-18/h3-4,7,12,15,18H,2,5-6,8-10H2,1H3. The van der Waals surface area contributed by atoms with E-state index in [9.17, 15) is 10.1 Å². The van der Waals surface area contributed by atoms with Gasteiger partial charge in [0.05, 0.1) is 4.92 Å². The molecule has 0 aliphatic carbocycles. The van der Waals surface area contributed by atoms with Crippen molar-refractivity contribution in [2.75, 3.05) is 31.6 Å². The lowest BCUT2D eigenvalue weighted by molar-refractivity contribution is -0.384. The number of aliphatic hydroxyl groups excluding tert-OH is 1. The van der Waals surface area contributed by atoms with Crippen molar-refractivity contribution in [2.24, 2.45) is 5.92 Å². The number of likely N-dealkylation sites (tertiary alicyclic amines) is 1. The van der Waals surface area contributed by atoms with Crippen LogP contribution in [0.2, 0.25) is 0 Å². The van der Waals surface area contributed by atoms with Crippen LogP contribution < -0.4 is 5.32 Å². The Kier molecular flexibility index (Phi) is 4.92. The number of aliphatic hydroxyl groups is 1. The van der Waals surface area contributed by atoms with Gasteiger partial charge in [0.25, 0.3) is 5.69 Å². The lowest BCUT2D eigenvalue weighted by atomic mass is 10.1. The van der Waals surface area contributed by atoms with Crippen LogP contribution in [0.4, 0.5) is 11.4 Å². The van der Waals surface area contributed by atoms with Crippen molar-refractivity contribution < 1.29 is 10.0 Å². The van der Waals surface area contributed by atoms with Crippen molar-refractivity contribution in [3.63, 3.8) is 0 Å². The smallest absolute Gasteiger partial charge is 0.292 e. The maximum atomic E-state index is 11.0. The van der Waals surface area contributed by atoms with Crippen molar-refractivity contribution in [1.82, 2.24) is 4.90 Å². The van der Waals surface area contributed by atoms with Crippen LogP contribution in [0.3, 0.4) is 0 Å². The predicted octanol–water partition coefficient (Wildman–Crippen LogP) is 1.84. The molecule has 20 heavy (non-hydrogen) atoms. The molecule has 2 N–H and O–H groups in total. The van der Waals surface area contributed by atoms with Gasteiger partial charge in [0.15, 0.2) is 0 Å². The van der Waals surface area contributed by atoms with Gasteiger partial charge in [-0.05, 0) is 37.4 Å². The third-order valence-electron chi connectivity index (χ3n) is 3.66. The highest BCUT2D eigenvalue weighted by atomic mass is 16.6. The highest BCUT2D eigenvalue weighted by Crippen LogP contribution is 2.27. The summed E-state index contributed by atoms with van der Waals surface area (Å²) in [5.74, 6) is 0.362. The second-order valence-corrected chi connectivity index (χ2v) is 5.21. The Morgan fingerprint density at radius 3 is 2.95 bits per heavy atom. The van der Waals surface area contributed by atoms with Gasteiger partial charge in [-0.15, -0.1) is 0 Å². The lowest BCUT2D eigenvalue weighted by Gasteiger charge is -2.16. The van der Waals surface area contributed by atoms with Crippen LogP contribution in [0, 0.1) is 16.0 Å². The Hall–Kier alpha value is -1.66. The quantitative estimate of drug-likeness (QED) is 0.613. The van der Waals surface area contributed by atoms with Gasteiger partial charge >= 0.3 is 0 Å². The number of hydrogen-bond donors (Lipinski definition) is 2. The normalized spacial score (nSPS) is 19.2. The molecule has 0 bridgehead atoms. The highest BCUT2D eigenvalue weighted by molar-refractivity contribution is 5.62. The molecule has 0 radical (unpaired) electrons. The van der Waals surface area contributed by atoms with E-state index in [4.69, 9.17) is 5.11 Å². The third kappa shape index (κ3) is 3.46. The molecule has 6 heteroatoms. The molecule has 0 amide bonds. The van der Waals surface area contributed by atoms with Crippen LogP contribution in [0.1, 0.15) is 18.9 Å². The molecular weight excluding hydrogens is 258 g/mol. The molecule has 1 aliphatic heterocycles. The fourth-order valence-electron chi connectivity index (χ4n) is 2.64. The number of nitro groups is 1. The van der Waals surface area contributed by atoms with Crippen LogP contribution in [0.15, 0.2) is 18.2 Å². The zero-order chi connectivity index (χ0) is 14.5. The lowest BCUT2D eigenvalue weighted by Crippen LogP contribution is -2.21. The Morgan fingerprint density at radius 2 is 2.35 bits per heavy atom. The van der Waals surface area contributed by atoms with Crippen LogP contribution in [-0.2, 0) is 6.54 Å². The summed E-state index contributed by atoms with van der Waals surface area (Å²) < 4.78 is 0. The van der Waals surface area contributed by atoms with Crippen molar-refractivity contribution in [1.29, 1.82) is 0 Å². The summed E-state index contributed by atoms with van der Waals surface area (Å²) in [5.41, 5.74) is 1.75. The van der Waals surface area contributed by atoms with Crippen molar-refractivity contribution in [3.05, 3.63) is 33.9 Å². The molecule has 1 atom stereocenters. The van der Waals surface area contributed by atoms with Gasteiger partial charge in [-0.3, -0.25) is 15.0 Å². The van der Waals surface area contributed by atoms with E-state index in [1.165, 1.54) is 0 Å². The van der Waals surface area contributed by atoms with Crippen LogP contribution in [-0.4, -0.2) is 41.2 Å². The first-order valence-corrected chi connectivity index (χ1v) is 6.98. The molecule has 1 aromatic carbocycles. The van der Waals surface area contributed by atoms with Crippen LogP contribution >= 0.6 is 0 Å². The van der Waals surface area contributed by atoms with Crippen LogP contribution in [0.5, 0.6) is 0 Å². The summed E-state index contributed by atoms with van der Waals surface area (Å²) in [6.07, 6.45) is 1.02. The number of rotatable bonds is 6. The number of nitro benzene ring substituents is 1. The second-order valence-electron chi connectivity index (χ2n) is 5.21. The number of nitrogens with one attached hydrogen (secondary N) is 1. The number of benzene rings is 1. The molecule has 1 fully saturated rings. The number of anilines is 1. The maximum absolute atomic E-state index is 11.0. The van der Waals surface area contributed by atoms with Gasteiger partial charge in [-0.1, -0.05) is 6.07 Å². The molecule has 0 aromatic heterocycles. The molecule has 6 nitrogen and oxygen atoms in total. The topological polar surface area (TPSA) is 78.6 Å². The van der Waals surface area contributed by atoms with E-state index in [-0.39, 0.29) is 17.2 Å². The molecule has 0 spiro atoms. The van der Waals surface area contributed by atoms with Gasteiger partial charge < -0.3 is 10.4 Å². The van der Waals surface area contributed by atoms with Gasteiger partial charge in [0.2, 0.25) is 0 Å². The van der Waals surface area contributed by atoms with Crippen molar-refractivity contribution in [3.8, 4) is 0 Å². The average Bonchev–Trinajstić information content (AvgIpc) is 2.87. The molecule has 0 saturated carbocycles. The van der Waals surface area contributed by atoms with Crippen LogP contribution in [0.25, 0.3) is 0 Å². The summed E-state index contributed by atoms with van der Waals surface area (Å²) in [6.45, 7) is 5.44. The minimum Gasteiger partial charge on any atom is -0.396 e. The fourth-order valence-corrected chi connectivity index (χ4v) is 2.64. The van der Waals surface area contributed by atoms with E-state index in [1.54, 1.807) is 6.07 Å². The van der Waals surface area contributed by atoms with Gasteiger partial charge in [-0.25, -0.2) is 0 Å². The molecule has 2 rings (SSSR count). The molecule has 1 unspecified atom stereocenters. The van der Waals surface area contributed by atoms with E-state index >= 15 is 0 Å². The summed E-state index contributed by atoms with van der Waals surface area (Å²) in [7, 11) is 0. The molecule has 1 saturated heterocycles. The molecule has 1 heterocycles. The summed E-state index contributed by atoms with van der Waals surface area (Å²) in [4.78, 5) is 12.9. The Morgan fingerprint density at radius 1 is 1.55 bits per heavy atom. The molecule has 110 valence electrons. The highest BCUT2D eigenvalue weighted by Gasteiger charge is 2.22. The predicted molar refractivity (Wildman–Crippen MR) is 77.7 cm³/mol. The fraction of sp³-hybridized carbons (Fsp3) is 0.571. The molecular formula is C14H21N3O3. The summed E-state index contributed by atoms with van der Waals surface area (Å²) >= 11 is 0. The Labute approximate surface area is 118 Å². The first-order valence-electron chi connectivity index (χ1n) is 6.98. The number of hydrogen-bond acceptors (Lipinski definition) is 5. The zero-order valence-electron chi connectivity index (χ0n) is 11.7. The minimum atomic E-state index is -0.362. The van der Waals surface area contributed by atoms with Crippen molar-refractivity contribution in [2.45, 2.75) is 19.9 Å². The molecule has 1 aliphatic rings. The van der Waals surface area contributed by atoms with E-state index in [0.717, 1.165) is 31.6 Å². The van der Waals surface area contributed by atoms with E-state index in [1.807, 2.05) is 19.1 Å². The molecule has 1 aromatic rings. The average molecular weight is 279 g/mol. The van der Waals surface area contributed by atoms with E-state index in [2.05, 4.69) is 10.2 Å².